The molecule has 0 spiro atoms. The van der Waals surface area contributed by atoms with Crippen LogP contribution in [0.15, 0.2) is 24.3 Å². The number of benzene rings is 1. The quantitative estimate of drug-likeness (QED) is 0.844. The Bertz CT molecular complexity index is 422. The van der Waals surface area contributed by atoms with Crippen molar-refractivity contribution < 1.29 is 9.47 Å². The van der Waals surface area contributed by atoms with Gasteiger partial charge in [0.05, 0.1) is 13.2 Å². The van der Waals surface area contributed by atoms with Crippen molar-refractivity contribution in [2.24, 2.45) is 5.41 Å². The zero-order valence-electron chi connectivity index (χ0n) is 9.90. The maximum Gasteiger partial charge on any atom is 0.174 e. The average Bonchev–Trinajstić information content (AvgIpc) is 2.32. The lowest BCUT2D eigenvalue weighted by atomic mass is 9.89. The minimum Gasteiger partial charge on any atom is -0.479 e. The fourth-order valence-electron chi connectivity index (χ4n) is 1.68. The predicted molar refractivity (Wildman–Crippen MR) is 65.0 cm³/mol. The lowest BCUT2D eigenvalue weighted by Gasteiger charge is -2.38. The van der Waals surface area contributed by atoms with Gasteiger partial charge in [-0.2, -0.15) is 5.26 Å². The summed E-state index contributed by atoms with van der Waals surface area (Å²) < 4.78 is 10.4. The van der Waals surface area contributed by atoms with Gasteiger partial charge in [0.25, 0.3) is 0 Å². The van der Waals surface area contributed by atoms with Gasteiger partial charge in [-0.15, -0.1) is 0 Å². The molecular weight excluding hydrogens is 216 g/mol. The molecule has 0 amide bonds. The Labute approximate surface area is 101 Å². The lowest BCUT2D eigenvalue weighted by molar-refractivity contribution is -0.0924. The fraction of sp³-hybridized carbons (Fsp3) is 0.462. The number of nitrogens with one attached hydrogen (secondary N) is 1. The van der Waals surface area contributed by atoms with Crippen LogP contribution in [0.3, 0.4) is 0 Å². The molecule has 0 radical (unpaired) electrons. The van der Waals surface area contributed by atoms with Gasteiger partial charge in [0.2, 0.25) is 0 Å². The van der Waals surface area contributed by atoms with Gasteiger partial charge in [0.15, 0.2) is 6.61 Å². The van der Waals surface area contributed by atoms with Gasteiger partial charge >= 0.3 is 0 Å². The molecule has 2 rings (SSSR count). The number of anilines is 1. The van der Waals surface area contributed by atoms with E-state index >= 15 is 0 Å². The van der Waals surface area contributed by atoms with E-state index in [9.17, 15) is 0 Å². The largest absolute Gasteiger partial charge is 0.479 e. The summed E-state index contributed by atoms with van der Waals surface area (Å²) in [6.45, 7) is 4.78. The molecule has 17 heavy (non-hydrogen) atoms. The summed E-state index contributed by atoms with van der Waals surface area (Å²) in [7, 11) is 0. The van der Waals surface area contributed by atoms with Gasteiger partial charge in [-0.1, -0.05) is 13.0 Å². The van der Waals surface area contributed by atoms with Crippen LogP contribution in [-0.2, 0) is 4.74 Å². The first kappa shape index (κ1) is 11.7. The predicted octanol–water partition coefficient (Wildman–Crippen LogP) is 2.04. The molecule has 1 aromatic carbocycles. The molecule has 1 aliphatic rings. The Hall–Kier alpha value is -1.73. The molecule has 4 heteroatoms. The first-order valence-corrected chi connectivity index (χ1v) is 5.63. The van der Waals surface area contributed by atoms with Crippen LogP contribution in [-0.4, -0.2) is 26.4 Å². The van der Waals surface area contributed by atoms with Crippen LogP contribution in [0.1, 0.15) is 6.92 Å². The highest BCUT2D eigenvalue weighted by atomic mass is 16.5. The highest BCUT2D eigenvalue weighted by Crippen LogP contribution is 2.27. The third-order valence-corrected chi connectivity index (χ3v) is 2.76. The van der Waals surface area contributed by atoms with Crippen LogP contribution in [0.4, 0.5) is 5.69 Å². The Kier molecular flexibility index (Phi) is 3.50. The standard InChI is InChI=1S/C13H16N2O2/c1-13(9-16-10-13)8-15-11-3-2-4-12(7-11)17-6-5-14/h2-4,7,15H,6,8-10H2,1H3. The third-order valence-electron chi connectivity index (χ3n) is 2.76. The summed E-state index contributed by atoms with van der Waals surface area (Å²) in [6.07, 6.45) is 0. The molecule has 0 aliphatic carbocycles. The second-order valence-electron chi connectivity index (χ2n) is 4.63. The van der Waals surface area contributed by atoms with E-state index in [4.69, 9.17) is 14.7 Å². The van der Waals surface area contributed by atoms with E-state index in [2.05, 4.69) is 12.2 Å². The Morgan fingerprint density at radius 1 is 1.53 bits per heavy atom. The van der Waals surface area contributed by atoms with E-state index in [-0.39, 0.29) is 12.0 Å². The van der Waals surface area contributed by atoms with Crippen LogP contribution < -0.4 is 10.1 Å². The maximum atomic E-state index is 8.44. The normalized spacial score (nSPS) is 16.7. The van der Waals surface area contributed by atoms with Crippen molar-refractivity contribution in [3.8, 4) is 11.8 Å². The molecule has 0 atom stereocenters. The monoisotopic (exact) mass is 232 g/mol. The van der Waals surface area contributed by atoms with Gasteiger partial charge in [0, 0.05) is 23.7 Å². The number of nitrogens with zero attached hydrogens (tertiary/aromatic N) is 1. The second kappa shape index (κ2) is 5.07. The van der Waals surface area contributed by atoms with Gasteiger partial charge < -0.3 is 14.8 Å². The number of hydrogen-bond acceptors (Lipinski definition) is 4. The minimum absolute atomic E-state index is 0.0784. The molecule has 0 unspecified atom stereocenters. The fourth-order valence-corrected chi connectivity index (χ4v) is 1.68. The summed E-state index contributed by atoms with van der Waals surface area (Å²) in [6, 6.07) is 9.60. The zero-order chi connectivity index (χ0) is 12.1. The average molecular weight is 232 g/mol. The first-order valence-electron chi connectivity index (χ1n) is 5.63. The second-order valence-corrected chi connectivity index (χ2v) is 4.63. The van der Waals surface area contributed by atoms with Crippen molar-refractivity contribution in [1.82, 2.24) is 0 Å². The van der Waals surface area contributed by atoms with Gasteiger partial charge in [-0.3, -0.25) is 0 Å². The van der Waals surface area contributed by atoms with Crippen molar-refractivity contribution >= 4 is 5.69 Å². The molecule has 1 aliphatic heterocycles. The maximum absolute atomic E-state index is 8.44. The molecule has 1 fully saturated rings. The number of ether oxygens (including phenoxy) is 2. The Balaban J connectivity index is 1.89. The van der Waals surface area contributed by atoms with Crippen molar-refractivity contribution in [3.63, 3.8) is 0 Å². The van der Waals surface area contributed by atoms with E-state index in [0.717, 1.165) is 25.4 Å². The topological polar surface area (TPSA) is 54.3 Å². The molecule has 90 valence electrons. The van der Waals surface area contributed by atoms with Gasteiger partial charge in [-0.05, 0) is 12.1 Å². The van der Waals surface area contributed by atoms with E-state index in [1.54, 1.807) is 0 Å². The van der Waals surface area contributed by atoms with Crippen molar-refractivity contribution in [2.75, 3.05) is 31.7 Å². The number of rotatable bonds is 5. The van der Waals surface area contributed by atoms with Crippen LogP contribution in [0.5, 0.6) is 5.75 Å². The Morgan fingerprint density at radius 2 is 2.35 bits per heavy atom. The summed E-state index contributed by atoms with van der Waals surface area (Å²) >= 11 is 0. The first-order chi connectivity index (χ1) is 8.22. The van der Waals surface area contributed by atoms with Gasteiger partial charge in [0.1, 0.15) is 11.8 Å². The summed E-state index contributed by atoms with van der Waals surface area (Å²) in [5.41, 5.74) is 1.25. The highest BCUT2D eigenvalue weighted by molar-refractivity contribution is 5.48. The van der Waals surface area contributed by atoms with Crippen LogP contribution in [0.2, 0.25) is 0 Å². The summed E-state index contributed by atoms with van der Waals surface area (Å²) in [5, 5.41) is 11.8. The smallest absolute Gasteiger partial charge is 0.174 e. The minimum atomic E-state index is 0.0784. The zero-order valence-corrected chi connectivity index (χ0v) is 9.90. The van der Waals surface area contributed by atoms with E-state index in [1.165, 1.54) is 0 Å². The number of hydrogen-bond donors (Lipinski definition) is 1. The molecular formula is C13H16N2O2. The molecule has 1 heterocycles. The molecule has 0 aromatic heterocycles. The SMILES string of the molecule is CC1(CNc2cccc(OCC#N)c2)COC1. The summed E-state index contributed by atoms with van der Waals surface area (Å²) in [5.74, 6) is 0.714. The molecule has 1 N–H and O–H groups in total. The van der Waals surface area contributed by atoms with Crippen molar-refractivity contribution in [3.05, 3.63) is 24.3 Å². The van der Waals surface area contributed by atoms with E-state index in [0.29, 0.717) is 5.75 Å². The molecule has 1 saturated heterocycles. The van der Waals surface area contributed by atoms with Crippen molar-refractivity contribution in [2.45, 2.75) is 6.92 Å². The van der Waals surface area contributed by atoms with Gasteiger partial charge in [-0.25, -0.2) is 0 Å². The van der Waals surface area contributed by atoms with E-state index < -0.39 is 0 Å². The molecule has 0 bridgehead atoms. The lowest BCUT2D eigenvalue weighted by Crippen LogP contribution is -2.45. The molecule has 0 saturated carbocycles. The van der Waals surface area contributed by atoms with Crippen LogP contribution in [0.25, 0.3) is 0 Å². The van der Waals surface area contributed by atoms with Crippen molar-refractivity contribution in [1.29, 1.82) is 5.26 Å². The van der Waals surface area contributed by atoms with E-state index in [1.807, 2.05) is 30.3 Å². The summed E-state index contributed by atoms with van der Waals surface area (Å²) in [4.78, 5) is 0. The third kappa shape index (κ3) is 3.11. The molecule has 4 nitrogen and oxygen atoms in total. The Morgan fingerprint density at radius 3 is 3.00 bits per heavy atom. The van der Waals surface area contributed by atoms with Crippen LogP contribution >= 0.6 is 0 Å². The highest BCUT2D eigenvalue weighted by Gasteiger charge is 2.32. The number of nitriles is 1. The van der Waals surface area contributed by atoms with Crippen LogP contribution in [0, 0.1) is 16.7 Å². The molecule has 1 aromatic rings.